The van der Waals surface area contributed by atoms with Crippen LogP contribution in [0.1, 0.15) is 56.1 Å². The van der Waals surface area contributed by atoms with Gasteiger partial charge in [-0.3, -0.25) is 9.78 Å². The molecule has 0 saturated carbocycles. The number of carbonyl (C=O) groups excluding carboxylic acids is 1. The van der Waals surface area contributed by atoms with Crippen LogP contribution in [0.5, 0.6) is 11.6 Å². The van der Waals surface area contributed by atoms with E-state index in [4.69, 9.17) is 24.2 Å². The van der Waals surface area contributed by atoms with Gasteiger partial charge in [0.25, 0.3) is 0 Å². The Bertz CT molecular complexity index is 2070. The van der Waals surface area contributed by atoms with Crippen LogP contribution in [0.15, 0.2) is 71.8 Å². The monoisotopic (exact) mass is 624 g/mol. The highest BCUT2D eigenvalue weighted by atomic mass is 32.2. The van der Waals surface area contributed by atoms with Gasteiger partial charge in [-0.2, -0.15) is 0 Å². The Hall–Kier alpha value is -4.34. The summed E-state index contributed by atoms with van der Waals surface area (Å²) in [4.78, 5) is 23.2. The van der Waals surface area contributed by atoms with Crippen LogP contribution in [0.25, 0.3) is 32.9 Å². The lowest BCUT2D eigenvalue weighted by atomic mass is 9.86. The van der Waals surface area contributed by atoms with Crippen LogP contribution in [0.4, 0.5) is 0 Å². The number of rotatable bonds is 8. The lowest BCUT2D eigenvalue weighted by Crippen LogP contribution is -2.27. The third-order valence-corrected chi connectivity index (χ3v) is 8.98. The van der Waals surface area contributed by atoms with E-state index < -0.39 is 21.5 Å². The number of benzene rings is 3. The van der Waals surface area contributed by atoms with E-state index in [9.17, 15) is 13.2 Å². The molecule has 0 bridgehead atoms. The molecule has 0 saturated heterocycles. The number of pyridine rings is 2. The average molecular weight is 625 g/mol. The van der Waals surface area contributed by atoms with Crippen LogP contribution >= 0.6 is 0 Å². The number of fused-ring (bicyclic) bond motifs is 1. The Balaban J connectivity index is 1.53. The summed E-state index contributed by atoms with van der Waals surface area (Å²) in [7, 11) is -3.34. The molecular weight excluding hydrogens is 588 g/mol. The van der Waals surface area contributed by atoms with E-state index in [1.807, 2.05) is 70.3 Å². The zero-order chi connectivity index (χ0) is 32.1. The van der Waals surface area contributed by atoms with E-state index in [0.717, 1.165) is 50.7 Å². The SMILES string of the molecule is CC(=O)[C@@H](OC(C)(C)C)c1c(C)cc2nc(OCc3cccc(S(C)(=O)=O)c3)ccc2c1-c1ccc2c3c(ccnc13)CCO2. The fourth-order valence-corrected chi connectivity index (χ4v) is 6.63. The van der Waals surface area contributed by atoms with Crippen molar-refractivity contribution in [1.29, 1.82) is 0 Å². The lowest BCUT2D eigenvalue weighted by Gasteiger charge is -2.30. The molecule has 8 nitrogen and oxygen atoms in total. The first-order valence-corrected chi connectivity index (χ1v) is 16.8. The number of ether oxygens (including phenoxy) is 3. The van der Waals surface area contributed by atoms with Gasteiger partial charge in [0.1, 0.15) is 18.5 Å². The van der Waals surface area contributed by atoms with Gasteiger partial charge in [-0.15, -0.1) is 0 Å². The second-order valence-electron chi connectivity index (χ2n) is 12.5. The Morgan fingerprint density at radius 1 is 1.07 bits per heavy atom. The summed E-state index contributed by atoms with van der Waals surface area (Å²) in [5, 5.41) is 1.80. The van der Waals surface area contributed by atoms with Gasteiger partial charge >= 0.3 is 0 Å². The Labute approximate surface area is 263 Å². The third kappa shape index (κ3) is 6.15. The lowest BCUT2D eigenvalue weighted by molar-refractivity contribution is -0.138. The molecule has 0 spiro atoms. The number of aromatic nitrogens is 2. The third-order valence-electron chi connectivity index (χ3n) is 7.87. The number of Topliss-reactive ketones (excluding diaryl/α,β-unsaturated/α-hetero) is 1. The van der Waals surface area contributed by atoms with Crippen LogP contribution in [-0.4, -0.2) is 42.6 Å². The molecule has 0 aliphatic carbocycles. The number of hydrogen-bond acceptors (Lipinski definition) is 8. The highest BCUT2D eigenvalue weighted by molar-refractivity contribution is 7.90. The number of hydrogen-bond donors (Lipinski definition) is 0. The van der Waals surface area contributed by atoms with Crippen molar-refractivity contribution in [3.05, 3.63) is 89.1 Å². The van der Waals surface area contributed by atoms with Crippen molar-refractivity contribution >= 4 is 37.4 Å². The zero-order valence-electron chi connectivity index (χ0n) is 26.3. The van der Waals surface area contributed by atoms with E-state index in [0.29, 0.717) is 23.6 Å². The minimum absolute atomic E-state index is 0.100. The van der Waals surface area contributed by atoms with E-state index in [2.05, 4.69) is 0 Å². The minimum Gasteiger partial charge on any atom is -0.493 e. The average Bonchev–Trinajstić information content (AvgIpc) is 2.98. The largest absolute Gasteiger partial charge is 0.493 e. The molecule has 45 heavy (non-hydrogen) atoms. The molecule has 5 aromatic rings. The molecule has 1 atom stereocenters. The van der Waals surface area contributed by atoms with Crippen LogP contribution in [0.2, 0.25) is 0 Å². The fourth-order valence-electron chi connectivity index (χ4n) is 5.94. The summed E-state index contributed by atoms with van der Waals surface area (Å²) in [6, 6.07) is 18.4. The minimum atomic E-state index is -3.34. The maximum Gasteiger partial charge on any atom is 0.214 e. The van der Waals surface area contributed by atoms with Gasteiger partial charge in [0.15, 0.2) is 15.6 Å². The molecule has 6 rings (SSSR count). The van der Waals surface area contributed by atoms with E-state index >= 15 is 0 Å². The van der Waals surface area contributed by atoms with Crippen LogP contribution in [0.3, 0.4) is 0 Å². The molecule has 0 unspecified atom stereocenters. The maximum atomic E-state index is 13.2. The quantitative estimate of drug-likeness (QED) is 0.180. The van der Waals surface area contributed by atoms with Crippen LogP contribution < -0.4 is 9.47 Å². The molecule has 1 aliphatic rings. The molecule has 0 fully saturated rings. The van der Waals surface area contributed by atoms with Crippen molar-refractivity contribution in [3.8, 4) is 22.8 Å². The zero-order valence-corrected chi connectivity index (χ0v) is 27.1. The predicted octanol–water partition coefficient (Wildman–Crippen LogP) is 7.12. The van der Waals surface area contributed by atoms with Gasteiger partial charge in [-0.05, 0) is 105 Å². The molecule has 3 aromatic carbocycles. The maximum absolute atomic E-state index is 13.2. The molecule has 1 aliphatic heterocycles. The molecule has 0 amide bonds. The van der Waals surface area contributed by atoms with Gasteiger partial charge in [-0.1, -0.05) is 12.1 Å². The summed E-state index contributed by atoms with van der Waals surface area (Å²) < 4.78 is 42.5. The summed E-state index contributed by atoms with van der Waals surface area (Å²) in [6.45, 7) is 10.1. The molecule has 0 radical (unpaired) electrons. The molecule has 9 heteroatoms. The molecular formula is C36H36N2O6S. The summed E-state index contributed by atoms with van der Waals surface area (Å²) >= 11 is 0. The molecule has 232 valence electrons. The number of sulfone groups is 1. The van der Waals surface area contributed by atoms with Crippen molar-refractivity contribution in [3.63, 3.8) is 0 Å². The van der Waals surface area contributed by atoms with Gasteiger partial charge in [0.2, 0.25) is 5.88 Å². The highest BCUT2D eigenvalue weighted by Crippen LogP contribution is 2.45. The Morgan fingerprint density at radius 3 is 2.60 bits per heavy atom. The smallest absolute Gasteiger partial charge is 0.214 e. The topological polar surface area (TPSA) is 105 Å². The van der Waals surface area contributed by atoms with E-state index in [-0.39, 0.29) is 17.3 Å². The molecule has 3 heterocycles. The van der Waals surface area contributed by atoms with Gasteiger partial charge in [0.05, 0.1) is 28.1 Å². The number of aryl methyl sites for hydroxylation is 1. The second-order valence-corrected chi connectivity index (χ2v) is 14.5. The van der Waals surface area contributed by atoms with Crippen molar-refractivity contribution in [2.24, 2.45) is 0 Å². The van der Waals surface area contributed by atoms with Crippen molar-refractivity contribution in [2.75, 3.05) is 12.9 Å². The standard InChI is InChI=1S/C36H36N2O6S/c1-21-18-28-26(11-13-30(38-28)43-20-23-8-7-9-25(19-23)45(6,40)41)33(31(21)35(22(2)39)44-36(3,4)5)27-10-12-29-32-24(15-17-42-29)14-16-37-34(27)32/h7-14,16,18-19,35H,15,17,20H2,1-6H3/t35-/m1/s1. The first kappa shape index (κ1) is 30.7. The Morgan fingerprint density at radius 2 is 1.87 bits per heavy atom. The van der Waals surface area contributed by atoms with Gasteiger partial charge in [-0.25, -0.2) is 13.4 Å². The summed E-state index contributed by atoms with van der Waals surface area (Å²) in [5.41, 5.74) is 6.10. The normalized spacial score (nSPS) is 13.9. The van der Waals surface area contributed by atoms with Crippen molar-refractivity contribution in [2.45, 2.75) is 64.2 Å². The summed E-state index contributed by atoms with van der Waals surface area (Å²) in [5.74, 6) is 1.09. The number of nitrogens with zero attached hydrogens (tertiary/aromatic N) is 2. The fraction of sp³-hybridized carbons (Fsp3) is 0.306. The second kappa shape index (κ2) is 11.5. The molecule has 2 aromatic heterocycles. The first-order valence-electron chi connectivity index (χ1n) is 14.9. The van der Waals surface area contributed by atoms with Gasteiger partial charge in [0, 0.05) is 41.3 Å². The molecule has 0 N–H and O–H groups in total. The van der Waals surface area contributed by atoms with Crippen molar-refractivity contribution in [1.82, 2.24) is 9.97 Å². The van der Waals surface area contributed by atoms with E-state index in [1.54, 1.807) is 31.2 Å². The number of ketones is 1. The Kier molecular flexibility index (Phi) is 7.87. The number of carbonyl (C=O) groups is 1. The van der Waals surface area contributed by atoms with Crippen molar-refractivity contribution < 1.29 is 27.4 Å². The first-order chi connectivity index (χ1) is 21.3. The van der Waals surface area contributed by atoms with E-state index in [1.165, 1.54) is 11.8 Å². The highest BCUT2D eigenvalue weighted by Gasteiger charge is 2.31. The van der Waals surface area contributed by atoms with Gasteiger partial charge < -0.3 is 14.2 Å². The predicted molar refractivity (Wildman–Crippen MR) is 175 cm³/mol. The summed E-state index contributed by atoms with van der Waals surface area (Å²) in [6.07, 6.45) is 2.98. The van der Waals surface area contributed by atoms with Crippen LogP contribution in [0, 0.1) is 6.92 Å². The van der Waals surface area contributed by atoms with Crippen LogP contribution in [-0.2, 0) is 32.4 Å².